The zero-order chi connectivity index (χ0) is 27.4. The molecule has 1 saturated heterocycles. The summed E-state index contributed by atoms with van der Waals surface area (Å²) >= 11 is 0. The van der Waals surface area contributed by atoms with Crippen molar-refractivity contribution in [2.45, 2.75) is 25.9 Å². The molecule has 0 bridgehead atoms. The van der Waals surface area contributed by atoms with E-state index in [4.69, 9.17) is 9.47 Å². The van der Waals surface area contributed by atoms with Crippen LogP contribution >= 0.6 is 0 Å². The Morgan fingerprint density at radius 1 is 1.13 bits per heavy atom. The third kappa shape index (κ3) is 5.50. The molecule has 3 amide bonds. The van der Waals surface area contributed by atoms with E-state index >= 15 is 0 Å². The molecule has 1 N–H and O–H groups in total. The van der Waals surface area contributed by atoms with E-state index in [9.17, 15) is 18.8 Å². The Labute approximate surface area is 221 Å². The number of nitrogens with one attached hydrogen (secondary N) is 1. The van der Waals surface area contributed by atoms with Crippen LogP contribution in [-0.4, -0.2) is 85.6 Å². The fraction of sp³-hybridized carbons (Fsp3) is 0.393. The van der Waals surface area contributed by atoms with Crippen LogP contribution in [0.15, 0.2) is 59.8 Å². The molecule has 0 unspecified atom stereocenters. The molecule has 2 heterocycles. The van der Waals surface area contributed by atoms with Crippen LogP contribution in [0.2, 0.25) is 0 Å². The average Bonchev–Trinajstić information content (AvgIpc) is 2.91. The lowest BCUT2D eigenvalue weighted by molar-refractivity contribution is -0.139. The van der Waals surface area contributed by atoms with Gasteiger partial charge in [-0.2, -0.15) is 0 Å². The first kappa shape index (κ1) is 27.1. The Balaban J connectivity index is 1.62. The largest absolute Gasteiger partial charge is 0.496 e. The summed E-state index contributed by atoms with van der Waals surface area (Å²) in [4.78, 5) is 44.6. The predicted molar refractivity (Wildman–Crippen MR) is 139 cm³/mol. The second kappa shape index (κ2) is 11.6. The van der Waals surface area contributed by atoms with Gasteiger partial charge in [-0.05, 0) is 38.1 Å². The molecule has 2 aromatic rings. The summed E-state index contributed by atoms with van der Waals surface area (Å²) in [5.41, 5.74) is 1.82. The number of amides is 3. The molecule has 2 atom stereocenters. The molecule has 0 radical (unpaired) electrons. The predicted octanol–water partition coefficient (Wildman–Crippen LogP) is 3.19. The standard InChI is InChI=1S/C28H33FN4O5/c1-5-38-27(35)24-22(31(3)28(36)30-25(24)21-11-6-7-12-23(21)37-4)17-32-13-14-33(18(2)16-32)26(34)19-9-8-10-20(29)15-19/h6-12,15,18,25H,5,13-14,16-17H2,1-4H3,(H,30,36)/t18-,25-/m1/s1. The molecule has 9 nitrogen and oxygen atoms in total. The molecule has 0 saturated carbocycles. The van der Waals surface area contributed by atoms with Crippen molar-refractivity contribution in [2.75, 3.05) is 46.9 Å². The number of esters is 1. The van der Waals surface area contributed by atoms with Crippen molar-refractivity contribution in [3.8, 4) is 5.75 Å². The SMILES string of the molecule is CCOC(=O)C1=C(CN2CCN(C(=O)c3cccc(F)c3)[C@H](C)C2)N(C)C(=O)N[C@@H]1c1ccccc1OC. The average molecular weight is 525 g/mol. The molecular weight excluding hydrogens is 491 g/mol. The maximum atomic E-state index is 13.7. The lowest BCUT2D eigenvalue weighted by Gasteiger charge is -2.42. The van der Waals surface area contributed by atoms with Crippen molar-refractivity contribution >= 4 is 17.9 Å². The monoisotopic (exact) mass is 524 g/mol. The number of rotatable bonds is 7. The van der Waals surface area contributed by atoms with E-state index in [1.165, 1.54) is 30.2 Å². The number of para-hydroxylation sites is 1. The van der Waals surface area contributed by atoms with Gasteiger partial charge in [0.1, 0.15) is 11.6 Å². The van der Waals surface area contributed by atoms with Crippen molar-refractivity contribution in [1.82, 2.24) is 20.0 Å². The first-order valence-corrected chi connectivity index (χ1v) is 12.6. The van der Waals surface area contributed by atoms with Gasteiger partial charge in [0.2, 0.25) is 0 Å². The number of hydrogen-bond donors (Lipinski definition) is 1. The molecule has 0 spiro atoms. The number of nitrogens with zero attached hydrogens (tertiary/aromatic N) is 3. The Kier molecular flexibility index (Phi) is 8.31. The minimum Gasteiger partial charge on any atom is -0.496 e. The normalized spacial score (nSPS) is 20.3. The van der Waals surface area contributed by atoms with Gasteiger partial charge >= 0.3 is 12.0 Å². The van der Waals surface area contributed by atoms with E-state index in [-0.39, 0.29) is 24.6 Å². The van der Waals surface area contributed by atoms with E-state index < -0.39 is 17.8 Å². The number of likely N-dealkylation sites (N-methyl/N-ethyl adjacent to an activating group) is 1. The van der Waals surface area contributed by atoms with Crippen LogP contribution in [0.5, 0.6) is 5.75 Å². The van der Waals surface area contributed by atoms with E-state index in [1.807, 2.05) is 25.1 Å². The topological polar surface area (TPSA) is 91.4 Å². The van der Waals surface area contributed by atoms with Crippen LogP contribution in [0.1, 0.15) is 35.8 Å². The second-order valence-corrected chi connectivity index (χ2v) is 9.36. The van der Waals surface area contributed by atoms with Crippen LogP contribution in [0.25, 0.3) is 0 Å². The fourth-order valence-corrected chi connectivity index (χ4v) is 5.01. The van der Waals surface area contributed by atoms with Crippen molar-refractivity contribution in [2.24, 2.45) is 0 Å². The highest BCUT2D eigenvalue weighted by atomic mass is 19.1. The summed E-state index contributed by atoms with van der Waals surface area (Å²) in [5.74, 6) is -0.655. The van der Waals surface area contributed by atoms with Crippen LogP contribution < -0.4 is 10.1 Å². The van der Waals surface area contributed by atoms with Gasteiger partial charge in [0.25, 0.3) is 5.91 Å². The van der Waals surface area contributed by atoms with Crippen molar-refractivity contribution in [3.05, 3.63) is 76.7 Å². The zero-order valence-corrected chi connectivity index (χ0v) is 22.1. The molecule has 4 rings (SSSR count). The van der Waals surface area contributed by atoms with Gasteiger partial charge in [0.05, 0.1) is 25.3 Å². The zero-order valence-electron chi connectivity index (χ0n) is 22.1. The third-order valence-electron chi connectivity index (χ3n) is 6.94. The van der Waals surface area contributed by atoms with Crippen LogP contribution in [0.3, 0.4) is 0 Å². The minimum absolute atomic E-state index is 0.168. The second-order valence-electron chi connectivity index (χ2n) is 9.36. The number of halogens is 1. The van der Waals surface area contributed by atoms with Crippen LogP contribution in [-0.2, 0) is 9.53 Å². The Bertz CT molecular complexity index is 1250. The number of benzene rings is 2. The van der Waals surface area contributed by atoms with Crippen molar-refractivity contribution < 1.29 is 28.2 Å². The van der Waals surface area contributed by atoms with Gasteiger partial charge in [0.15, 0.2) is 0 Å². The summed E-state index contributed by atoms with van der Waals surface area (Å²) in [6.07, 6.45) is 0. The smallest absolute Gasteiger partial charge is 0.338 e. The molecule has 202 valence electrons. The molecule has 0 aliphatic carbocycles. The maximum Gasteiger partial charge on any atom is 0.338 e. The lowest BCUT2D eigenvalue weighted by atomic mass is 9.93. The van der Waals surface area contributed by atoms with E-state index in [2.05, 4.69) is 10.2 Å². The van der Waals surface area contributed by atoms with Crippen molar-refractivity contribution in [1.29, 1.82) is 0 Å². The van der Waals surface area contributed by atoms with Gasteiger partial charge in [0, 0.05) is 56.1 Å². The summed E-state index contributed by atoms with van der Waals surface area (Å²) in [5, 5.41) is 2.91. The highest BCUT2D eigenvalue weighted by Crippen LogP contribution is 2.36. The Hall–Kier alpha value is -3.92. The Morgan fingerprint density at radius 2 is 1.89 bits per heavy atom. The van der Waals surface area contributed by atoms with Crippen LogP contribution in [0.4, 0.5) is 9.18 Å². The Morgan fingerprint density at radius 3 is 2.58 bits per heavy atom. The van der Waals surface area contributed by atoms with Crippen LogP contribution in [0, 0.1) is 5.82 Å². The number of urea groups is 1. The van der Waals surface area contributed by atoms with E-state index in [0.717, 1.165) is 0 Å². The first-order valence-electron chi connectivity index (χ1n) is 12.6. The molecule has 1 fully saturated rings. The first-order chi connectivity index (χ1) is 18.2. The molecular formula is C28H33FN4O5. The lowest BCUT2D eigenvalue weighted by Crippen LogP contribution is -2.56. The van der Waals surface area contributed by atoms with Crippen molar-refractivity contribution in [3.63, 3.8) is 0 Å². The third-order valence-corrected chi connectivity index (χ3v) is 6.94. The van der Waals surface area contributed by atoms with E-state index in [0.29, 0.717) is 54.3 Å². The fourth-order valence-electron chi connectivity index (χ4n) is 5.01. The number of ether oxygens (including phenoxy) is 2. The van der Waals surface area contributed by atoms with Gasteiger partial charge in [-0.15, -0.1) is 0 Å². The molecule has 0 aromatic heterocycles. The number of piperazine rings is 1. The van der Waals surface area contributed by atoms with E-state index in [1.54, 1.807) is 31.0 Å². The molecule has 2 aromatic carbocycles. The summed E-state index contributed by atoms with van der Waals surface area (Å²) in [7, 11) is 3.16. The highest BCUT2D eigenvalue weighted by Gasteiger charge is 2.39. The summed E-state index contributed by atoms with van der Waals surface area (Å²) in [6.45, 7) is 5.59. The number of carbonyl (C=O) groups is 3. The summed E-state index contributed by atoms with van der Waals surface area (Å²) in [6, 6.07) is 11.6. The quantitative estimate of drug-likeness (QED) is 0.560. The minimum atomic E-state index is -0.753. The number of carbonyl (C=O) groups excluding carboxylic acids is 3. The summed E-state index contributed by atoms with van der Waals surface area (Å²) < 4.78 is 24.6. The van der Waals surface area contributed by atoms with Gasteiger partial charge in [-0.1, -0.05) is 24.3 Å². The maximum absolute atomic E-state index is 13.7. The highest BCUT2D eigenvalue weighted by molar-refractivity contribution is 5.96. The number of hydrogen-bond acceptors (Lipinski definition) is 6. The number of methoxy groups -OCH3 is 1. The molecule has 2 aliphatic rings. The van der Waals surface area contributed by atoms with Gasteiger partial charge in [-0.25, -0.2) is 14.0 Å². The van der Waals surface area contributed by atoms with Gasteiger partial charge < -0.3 is 19.7 Å². The molecule has 38 heavy (non-hydrogen) atoms. The molecule has 2 aliphatic heterocycles. The van der Waals surface area contributed by atoms with Gasteiger partial charge in [-0.3, -0.25) is 14.6 Å². The molecule has 10 heteroatoms.